The second-order valence-electron chi connectivity index (χ2n) is 6.36. The van der Waals surface area contributed by atoms with Crippen molar-refractivity contribution < 1.29 is 19.4 Å². The Morgan fingerprint density at radius 1 is 0.923 bits per heavy atom. The van der Waals surface area contributed by atoms with Gasteiger partial charge in [0.15, 0.2) is 0 Å². The first kappa shape index (κ1) is 19.7. The molecular formula is C22H26O4. The number of ether oxygens (including phenoxy) is 1. The van der Waals surface area contributed by atoms with Gasteiger partial charge in [-0.3, -0.25) is 9.59 Å². The van der Waals surface area contributed by atoms with Gasteiger partial charge in [0.2, 0.25) is 0 Å². The van der Waals surface area contributed by atoms with E-state index in [9.17, 15) is 9.59 Å². The Bertz CT molecular complexity index is 692. The van der Waals surface area contributed by atoms with Crippen LogP contribution in [0.15, 0.2) is 54.6 Å². The van der Waals surface area contributed by atoms with Gasteiger partial charge in [-0.1, -0.05) is 74.4 Å². The molecule has 0 heterocycles. The molecule has 0 radical (unpaired) electrons. The van der Waals surface area contributed by atoms with Crippen molar-refractivity contribution in [3.63, 3.8) is 0 Å². The number of unbranched alkanes of at least 4 members (excludes halogenated alkanes) is 2. The number of carbonyl (C=O) groups is 2. The topological polar surface area (TPSA) is 63.6 Å². The van der Waals surface area contributed by atoms with E-state index in [4.69, 9.17) is 9.84 Å². The smallest absolute Gasteiger partial charge is 0.306 e. The zero-order chi connectivity index (χ0) is 18.8. The standard InChI is InChI=1S/C22H26O4/c1-2-3-5-10-20(26-22(25)16-15-21(23)24)19-13-11-18(12-14-19)17-8-6-4-7-9-17/h4,6-9,11-14,20H,2-3,5,10,15-16H2,1H3,(H,23,24). The molecule has 1 atom stereocenters. The number of carboxylic acid groups (broad SMARTS) is 1. The predicted octanol–water partition coefficient (Wildman–Crippen LogP) is 5.38. The molecule has 2 aromatic carbocycles. The van der Waals surface area contributed by atoms with Gasteiger partial charge in [0.05, 0.1) is 12.8 Å². The monoisotopic (exact) mass is 354 g/mol. The van der Waals surface area contributed by atoms with Crippen LogP contribution in [-0.4, -0.2) is 17.0 Å². The van der Waals surface area contributed by atoms with Crippen molar-refractivity contribution in [2.24, 2.45) is 0 Å². The normalized spacial score (nSPS) is 11.7. The van der Waals surface area contributed by atoms with Gasteiger partial charge >= 0.3 is 11.9 Å². The highest BCUT2D eigenvalue weighted by atomic mass is 16.5. The number of hydrogen-bond donors (Lipinski definition) is 1. The van der Waals surface area contributed by atoms with Gasteiger partial charge in [-0.15, -0.1) is 0 Å². The van der Waals surface area contributed by atoms with Crippen LogP contribution in [0.25, 0.3) is 11.1 Å². The molecule has 0 aliphatic rings. The van der Waals surface area contributed by atoms with Crippen LogP contribution in [0.1, 0.15) is 57.1 Å². The Morgan fingerprint density at radius 2 is 1.58 bits per heavy atom. The Labute approximate surface area is 154 Å². The van der Waals surface area contributed by atoms with Gasteiger partial charge in [-0.25, -0.2) is 0 Å². The lowest BCUT2D eigenvalue weighted by atomic mass is 9.99. The lowest BCUT2D eigenvalue weighted by Crippen LogP contribution is -2.13. The molecule has 0 saturated carbocycles. The fraction of sp³-hybridized carbons (Fsp3) is 0.364. The molecule has 26 heavy (non-hydrogen) atoms. The first-order chi connectivity index (χ1) is 12.6. The minimum absolute atomic E-state index is 0.0955. The number of benzene rings is 2. The first-order valence-electron chi connectivity index (χ1n) is 9.16. The molecule has 2 aromatic rings. The second-order valence-corrected chi connectivity index (χ2v) is 6.36. The fourth-order valence-corrected chi connectivity index (χ4v) is 2.82. The Morgan fingerprint density at radius 3 is 2.19 bits per heavy atom. The van der Waals surface area contributed by atoms with Crippen LogP contribution in [0.4, 0.5) is 0 Å². The number of rotatable bonds is 10. The third-order valence-electron chi connectivity index (χ3n) is 4.28. The van der Waals surface area contributed by atoms with Crippen LogP contribution in [0.3, 0.4) is 0 Å². The molecule has 0 amide bonds. The van der Waals surface area contributed by atoms with E-state index in [1.165, 1.54) is 0 Å². The van der Waals surface area contributed by atoms with E-state index < -0.39 is 11.9 Å². The van der Waals surface area contributed by atoms with Crippen LogP contribution >= 0.6 is 0 Å². The van der Waals surface area contributed by atoms with E-state index in [-0.39, 0.29) is 18.9 Å². The van der Waals surface area contributed by atoms with Gasteiger partial charge in [0.25, 0.3) is 0 Å². The highest BCUT2D eigenvalue weighted by Gasteiger charge is 2.17. The molecule has 2 rings (SSSR count). The van der Waals surface area contributed by atoms with Crippen molar-refractivity contribution in [2.45, 2.75) is 51.6 Å². The lowest BCUT2D eigenvalue weighted by Gasteiger charge is -2.19. The minimum Gasteiger partial charge on any atom is -0.481 e. The Balaban J connectivity index is 2.08. The summed E-state index contributed by atoms with van der Waals surface area (Å²) in [6.07, 6.45) is 3.26. The zero-order valence-electron chi connectivity index (χ0n) is 15.2. The molecule has 1 N–H and O–H groups in total. The van der Waals surface area contributed by atoms with Crippen molar-refractivity contribution >= 4 is 11.9 Å². The molecule has 138 valence electrons. The summed E-state index contributed by atoms with van der Waals surface area (Å²) in [5.74, 6) is -1.45. The Hall–Kier alpha value is -2.62. The van der Waals surface area contributed by atoms with E-state index in [0.29, 0.717) is 0 Å². The maximum Gasteiger partial charge on any atom is 0.306 e. The third kappa shape index (κ3) is 6.36. The van der Waals surface area contributed by atoms with Crippen molar-refractivity contribution in [2.75, 3.05) is 0 Å². The van der Waals surface area contributed by atoms with Crippen LogP contribution < -0.4 is 0 Å². The summed E-state index contributed by atoms with van der Waals surface area (Å²) < 4.78 is 5.58. The average molecular weight is 354 g/mol. The summed E-state index contributed by atoms with van der Waals surface area (Å²) in [6.45, 7) is 2.13. The number of hydrogen-bond acceptors (Lipinski definition) is 3. The second kappa shape index (κ2) is 10.4. The molecule has 1 unspecified atom stereocenters. The quantitative estimate of drug-likeness (QED) is 0.459. The SMILES string of the molecule is CCCCCC(OC(=O)CCC(=O)O)c1ccc(-c2ccccc2)cc1. The third-order valence-corrected chi connectivity index (χ3v) is 4.28. The first-order valence-corrected chi connectivity index (χ1v) is 9.16. The molecule has 4 heteroatoms. The minimum atomic E-state index is -0.989. The molecule has 0 aromatic heterocycles. The highest BCUT2D eigenvalue weighted by molar-refractivity contribution is 5.76. The van der Waals surface area contributed by atoms with Crippen molar-refractivity contribution in [1.29, 1.82) is 0 Å². The van der Waals surface area contributed by atoms with E-state index in [1.807, 2.05) is 42.5 Å². The summed E-state index contributed by atoms with van der Waals surface area (Å²) >= 11 is 0. The molecule has 0 bridgehead atoms. The average Bonchev–Trinajstić information content (AvgIpc) is 2.66. The molecule has 0 spiro atoms. The zero-order valence-corrected chi connectivity index (χ0v) is 15.2. The lowest BCUT2D eigenvalue weighted by molar-refractivity contribution is -0.152. The number of carbonyl (C=O) groups excluding carboxylic acids is 1. The van der Waals surface area contributed by atoms with Crippen molar-refractivity contribution in [3.8, 4) is 11.1 Å². The fourth-order valence-electron chi connectivity index (χ4n) is 2.82. The summed E-state index contributed by atoms with van der Waals surface area (Å²) in [4.78, 5) is 22.6. The number of carboxylic acids is 1. The maximum absolute atomic E-state index is 12.0. The summed E-state index contributed by atoms with van der Waals surface area (Å²) in [6, 6.07) is 18.1. The van der Waals surface area contributed by atoms with Crippen molar-refractivity contribution in [3.05, 3.63) is 60.2 Å². The predicted molar refractivity (Wildman–Crippen MR) is 102 cm³/mol. The van der Waals surface area contributed by atoms with Gasteiger partial charge in [0.1, 0.15) is 6.10 Å². The van der Waals surface area contributed by atoms with Crippen LogP contribution in [0.5, 0.6) is 0 Å². The molecule has 0 aliphatic heterocycles. The van der Waals surface area contributed by atoms with Crippen LogP contribution in [0.2, 0.25) is 0 Å². The summed E-state index contributed by atoms with van der Waals surface area (Å²) in [5.41, 5.74) is 3.20. The molecule has 0 aliphatic carbocycles. The van der Waals surface area contributed by atoms with Crippen LogP contribution in [-0.2, 0) is 14.3 Å². The van der Waals surface area contributed by atoms with E-state index in [2.05, 4.69) is 19.1 Å². The summed E-state index contributed by atoms with van der Waals surface area (Å²) in [5, 5.41) is 8.72. The largest absolute Gasteiger partial charge is 0.481 e. The molecule has 0 saturated heterocycles. The van der Waals surface area contributed by atoms with Gasteiger partial charge in [-0.05, 0) is 29.5 Å². The molecule has 4 nitrogen and oxygen atoms in total. The van der Waals surface area contributed by atoms with E-state index in [1.54, 1.807) is 0 Å². The van der Waals surface area contributed by atoms with Gasteiger partial charge < -0.3 is 9.84 Å². The summed E-state index contributed by atoms with van der Waals surface area (Å²) in [7, 11) is 0. The van der Waals surface area contributed by atoms with Crippen molar-refractivity contribution in [1.82, 2.24) is 0 Å². The van der Waals surface area contributed by atoms with E-state index >= 15 is 0 Å². The number of esters is 1. The Kier molecular flexibility index (Phi) is 7.87. The molecular weight excluding hydrogens is 328 g/mol. The molecule has 0 fully saturated rings. The van der Waals surface area contributed by atoms with Gasteiger partial charge in [0, 0.05) is 0 Å². The maximum atomic E-state index is 12.0. The van der Waals surface area contributed by atoms with Crippen LogP contribution in [0, 0.1) is 0 Å². The highest BCUT2D eigenvalue weighted by Crippen LogP contribution is 2.27. The van der Waals surface area contributed by atoms with Gasteiger partial charge in [-0.2, -0.15) is 0 Å². The number of aliphatic carboxylic acids is 1. The van der Waals surface area contributed by atoms with E-state index in [0.717, 1.165) is 42.4 Å².